The van der Waals surface area contributed by atoms with Crippen molar-refractivity contribution in [2.24, 2.45) is 5.41 Å². The molecule has 1 unspecified atom stereocenters. The normalized spacial score (nSPS) is 20.7. The van der Waals surface area contributed by atoms with Crippen LogP contribution in [0.1, 0.15) is 52.0 Å². The van der Waals surface area contributed by atoms with Crippen molar-refractivity contribution in [3.63, 3.8) is 0 Å². The van der Waals surface area contributed by atoms with Gasteiger partial charge in [-0.3, -0.25) is 19.3 Å². The molecule has 1 aliphatic rings. The smallest absolute Gasteiger partial charge is 0.322 e. The van der Waals surface area contributed by atoms with Crippen molar-refractivity contribution >= 4 is 47.1 Å². The van der Waals surface area contributed by atoms with E-state index >= 15 is 0 Å². The lowest BCUT2D eigenvalue weighted by molar-refractivity contribution is -0.178. The lowest BCUT2D eigenvalue weighted by Crippen LogP contribution is -2.55. The van der Waals surface area contributed by atoms with Gasteiger partial charge in [-0.05, 0) is 63.8 Å². The Balaban J connectivity index is 2.20. The molecular weight excluding hydrogens is 401 g/mol. The first kappa shape index (κ1) is 22.4. The third-order valence-corrected chi connectivity index (χ3v) is 5.01. The van der Waals surface area contributed by atoms with Crippen LogP contribution in [0.3, 0.4) is 0 Å². The quantitative estimate of drug-likeness (QED) is 0.382. The molecule has 0 saturated carbocycles. The SMILES string of the molecule is CN1C(=O)CCC(CC/C=C/c2cc(Cl)cc(Cl)c2)(C(=O)OC(C)(C)C)C1=O. The number of benzene rings is 1. The Hall–Kier alpha value is -1.85. The first-order valence-electron chi connectivity index (χ1n) is 9.12. The third kappa shape index (κ3) is 5.36. The number of likely N-dealkylation sites (tertiary alicyclic amines) is 1. The topological polar surface area (TPSA) is 63.7 Å². The van der Waals surface area contributed by atoms with E-state index in [0.29, 0.717) is 16.5 Å². The van der Waals surface area contributed by atoms with Crippen LogP contribution in [0.5, 0.6) is 0 Å². The van der Waals surface area contributed by atoms with Crippen molar-refractivity contribution in [1.82, 2.24) is 4.90 Å². The zero-order valence-electron chi connectivity index (χ0n) is 16.6. The van der Waals surface area contributed by atoms with Crippen LogP contribution in [0.25, 0.3) is 6.08 Å². The molecule has 5 nitrogen and oxygen atoms in total. The zero-order chi connectivity index (χ0) is 21.1. The highest BCUT2D eigenvalue weighted by atomic mass is 35.5. The van der Waals surface area contributed by atoms with E-state index in [0.717, 1.165) is 10.5 Å². The van der Waals surface area contributed by atoms with E-state index in [1.54, 1.807) is 39.0 Å². The average molecular weight is 426 g/mol. The van der Waals surface area contributed by atoms with Crippen molar-refractivity contribution in [2.75, 3.05) is 7.05 Å². The van der Waals surface area contributed by atoms with Gasteiger partial charge in [-0.15, -0.1) is 0 Å². The average Bonchev–Trinajstić information content (AvgIpc) is 2.56. The van der Waals surface area contributed by atoms with Gasteiger partial charge >= 0.3 is 5.97 Å². The summed E-state index contributed by atoms with van der Waals surface area (Å²) in [6.45, 7) is 5.26. The summed E-state index contributed by atoms with van der Waals surface area (Å²) in [6.07, 6.45) is 4.69. The third-order valence-electron chi connectivity index (χ3n) is 4.58. The minimum absolute atomic E-state index is 0.134. The van der Waals surface area contributed by atoms with E-state index in [9.17, 15) is 14.4 Å². The molecule has 1 fully saturated rings. The second-order valence-electron chi connectivity index (χ2n) is 7.99. The molecular formula is C21H25Cl2NO4. The van der Waals surface area contributed by atoms with Gasteiger partial charge in [-0.25, -0.2) is 0 Å². The predicted octanol–water partition coefficient (Wildman–Crippen LogP) is 4.89. The van der Waals surface area contributed by atoms with Crippen LogP contribution in [0.4, 0.5) is 0 Å². The molecule has 1 atom stereocenters. The van der Waals surface area contributed by atoms with Gasteiger partial charge in [0.1, 0.15) is 11.0 Å². The number of nitrogens with zero attached hydrogens (tertiary/aromatic N) is 1. The molecule has 2 amide bonds. The molecule has 0 N–H and O–H groups in total. The number of piperidine rings is 1. The lowest BCUT2D eigenvalue weighted by Gasteiger charge is -2.38. The molecule has 0 radical (unpaired) electrons. The summed E-state index contributed by atoms with van der Waals surface area (Å²) in [5, 5.41) is 1.06. The summed E-state index contributed by atoms with van der Waals surface area (Å²) in [5.74, 6) is -1.37. The first-order valence-corrected chi connectivity index (χ1v) is 9.87. The zero-order valence-corrected chi connectivity index (χ0v) is 18.1. The Morgan fingerprint density at radius 2 is 1.82 bits per heavy atom. The molecule has 1 aromatic carbocycles. The Morgan fingerprint density at radius 1 is 1.21 bits per heavy atom. The highest BCUT2D eigenvalue weighted by molar-refractivity contribution is 6.34. The number of esters is 1. The van der Waals surface area contributed by atoms with E-state index in [1.807, 2.05) is 12.2 Å². The van der Waals surface area contributed by atoms with Crippen molar-refractivity contribution in [2.45, 2.75) is 52.1 Å². The fraction of sp³-hybridized carbons (Fsp3) is 0.476. The summed E-state index contributed by atoms with van der Waals surface area (Å²) in [6, 6.07) is 5.18. The van der Waals surface area contributed by atoms with E-state index in [1.165, 1.54) is 7.05 Å². The maximum Gasteiger partial charge on any atom is 0.322 e. The number of hydrogen-bond acceptors (Lipinski definition) is 4. The van der Waals surface area contributed by atoms with Crippen LogP contribution in [-0.4, -0.2) is 35.3 Å². The highest BCUT2D eigenvalue weighted by Crippen LogP contribution is 2.38. The van der Waals surface area contributed by atoms with Crippen molar-refractivity contribution in [3.05, 3.63) is 39.9 Å². The highest BCUT2D eigenvalue weighted by Gasteiger charge is 2.52. The minimum Gasteiger partial charge on any atom is -0.459 e. The van der Waals surface area contributed by atoms with Crippen LogP contribution in [0.2, 0.25) is 10.0 Å². The fourth-order valence-electron chi connectivity index (χ4n) is 3.15. The Morgan fingerprint density at radius 3 is 2.39 bits per heavy atom. The van der Waals surface area contributed by atoms with Gasteiger partial charge in [0, 0.05) is 23.5 Å². The van der Waals surface area contributed by atoms with Crippen LogP contribution in [0.15, 0.2) is 24.3 Å². The van der Waals surface area contributed by atoms with Crippen LogP contribution >= 0.6 is 23.2 Å². The van der Waals surface area contributed by atoms with Gasteiger partial charge in [0.15, 0.2) is 0 Å². The lowest BCUT2D eigenvalue weighted by atomic mass is 9.75. The summed E-state index contributed by atoms with van der Waals surface area (Å²) < 4.78 is 5.52. The molecule has 7 heteroatoms. The van der Waals surface area contributed by atoms with Gasteiger partial charge in [0.2, 0.25) is 11.8 Å². The summed E-state index contributed by atoms with van der Waals surface area (Å²) in [7, 11) is 1.41. The molecule has 1 aromatic rings. The Kier molecular flexibility index (Phi) is 6.94. The van der Waals surface area contributed by atoms with E-state index in [4.69, 9.17) is 27.9 Å². The van der Waals surface area contributed by atoms with Gasteiger partial charge in [0.05, 0.1) is 0 Å². The second kappa shape index (κ2) is 8.66. The molecule has 1 aliphatic heterocycles. The van der Waals surface area contributed by atoms with E-state index in [-0.39, 0.29) is 25.2 Å². The molecule has 1 saturated heterocycles. The predicted molar refractivity (Wildman–Crippen MR) is 110 cm³/mol. The standard InChI is InChI=1S/C21H25Cl2NO4/c1-20(2,3)28-19(27)21(10-8-17(25)24(4)18(21)26)9-6-5-7-14-11-15(22)13-16(23)12-14/h5,7,11-13H,6,8-10H2,1-4H3/b7-5+. The van der Waals surface area contributed by atoms with Gasteiger partial charge in [0.25, 0.3) is 0 Å². The van der Waals surface area contributed by atoms with Crippen LogP contribution < -0.4 is 0 Å². The number of ether oxygens (including phenoxy) is 1. The Labute approximate surface area is 175 Å². The minimum atomic E-state index is -1.35. The number of allylic oxidation sites excluding steroid dienone is 1. The van der Waals surface area contributed by atoms with E-state index in [2.05, 4.69) is 0 Å². The second-order valence-corrected chi connectivity index (χ2v) is 8.86. The molecule has 152 valence electrons. The number of hydrogen-bond donors (Lipinski definition) is 0. The molecule has 1 heterocycles. The van der Waals surface area contributed by atoms with Crippen LogP contribution in [0, 0.1) is 5.41 Å². The number of halogens is 2. The molecule has 0 spiro atoms. The molecule has 2 rings (SSSR count). The summed E-state index contributed by atoms with van der Waals surface area (Å²) in [5.41, 5.74) is -1.25. The number of carbonyl (C=O) groups excluding carboxylic acids is 3. The summed E-state index contributed by atoms with van der Waals surface area (Å²) >= 11 is 12.0. The maximum atomic E-state index is 12.9. The van der Waals surface area contributed by atoms with Gasteiger partial charge < -0.3 is 4.74 Å². The maximum absolute atomic E-state index is 12.9. The van der Waals surface area contributed by atoms with Crippen LogP contribution in [-0.2, 0) is 19.1 Å². The number of imide groups is 1. The number of amides is 2. The monoisotopic (exact) mass is 425 g/mol. The van der Waals surface area contributed by atoms with Crippen molar-refractivity contribution in [1.29, 1.82) is 0 Å². The van der Waals surface area contributed by atoms with Gasteiger partial charge in [-0.2, -0.15) is 0 Å². The van der Waals surface area contributed by atoms with Crippen molar-refractivity contribution < 1.29 is 19.1 Å². The molecule has 28 heavy (non-hydrogen) atoms. The number of carbonyl (C=O) groups is 3. The Bertz CT molecular complexity index is 793. The first-order chi connectivity index (χ1) is 12.9. The van der Waals surface area contributed by atoms with Crippen molar-refractivity contribution in [3.8, 4) is 0 Å². The molecule has 0 aliphatic carbocycles. The molecule has 0 aromatic heterocycles. The van der Waals surface area contributed by atoms with Gasteiger partial charge in [-0.1, -0.05) is 35.4 Å². The fourth-order valence-corrected chi connectivity index (χ4v) is 3.69. The molecule has 0 bridgehead atoms. The number of rotatable bonds is 5. The largest absolute Gasteiger partial charge is 0.459 e. The van der Waals surface area contributed by atoms with E-state index < -0.39 is 22.9 Å². The summed E-state index contributed by atoms with van der Waals surface area (Å²) in [4.78, 5) is 38.7.